The van der Waals surface area contributed by atoms with Gasteiger partial charge in [0.25, 0.3) is 0 Å². The van der Waals surface area contributed by atoms with Gasteiger partial charge in [0.2, 0.25) is 0 Å². The van der Waals surface area contributed by atoms with E-state index in [0.717, 1.165) is 29.9 Å². The third-order valence-corrected chi connectivity index (χ3v) is 3.82. The largest absolute Gasteiger partial charge is 0.324 e. The van der Waals surface area contributed by atoms with Crippen LogP contribution in [0.2, 0.25) is 10.0 Å². The number of rotatable bonds is 4. The summed E-state index contributed by atoms with van der Waals surface area (Å²) in [7, 11) is 0. The Morgan fingerprint density at radius 1 is 1.26 bits per heavy atom. The maximum atomic E-state index is 6.24. The number of aryl methyl sites for hydroxylation is 2. The van der Waals surface area contributed by atoms with Crippen molar-refractivity contribution in [1.82, 2.24) is 9.78 Å². The second-order valence-electron chi connectivity index (χ2n) is 4.58. The average Bonchev–Trinajstić information content (AvgIpc) is 2.72. The minimum absolute atomic E-state index is 0.115. The standard InChI is InChI=1S/C14H17Cl2N3/c1-3-19-11(6-9(2)18-19)8-14(17)10-4-5-12(15)13(16)7-10/h4-7,14H,3,8,17H2,1-2H3. The van der Waals surface area contributed by atoms with Crippen molar-refractivity contribution < 1.29 is 0 Å². The Labute approximate surface area is 123 Å². The molecule has 1 aromatic carbocycles. The van der Waals surface area contributed by atoms with Gasteiger partial charge in [-0.1, -0.05) is 29.3 Å². The van der Waals surface area contributed by atoms with Crippen LogP contribution in [0.15, 0.2) is 24.3 Å². The van der Waals surface area contributed by atoms with E-state index in [9.17, 15) is 0 Å². The summed E-state index contributed by atoms with van der Waals surface area (Å²) in [5, 5.41) is 5.51. The molecule has 3 nitrogen and oxygen atoms in total. The van der Waals surface area contributed by atoms with Crippen LogP contribution < -0.4 is 5.73 Å². The molecule has 0 bridgehead atoms. The number of nitrogens with zero attached hydrogens (tertiary/aromatic N) is 2. The molecule has 0 fully saturated rings. The summed E-state index contributed by atoms with van der Waals surface area (Å²) < 4.78 is 1.98. The molecule has 0 aliphatic rings. The summed E-state index contributed by atoms with van der Waals surface area (Å²) in [6.45, 7) is 4.90. The number of hydrogen-bond donors (Lipinski definition) is 1. The highest BCUT2D eigenvalue weighted by atomic mass is 35.5. The van der Waals surface area contributed by atoms with Gasteiger partial charge in [0.15, 0.2) is 0 Å². The van der Waals surface area contributed by atoms with E-state index in [1.54, 1.807) is 6.07 Å². The van der Waals surface area contributed by atoms with Gasteiger partial charge in [-0.05, 0) is 37.6 Å². The first kappa shape index (κ1) is 14.4. The molecule has 1 aromatic heterocycles. The maximum absolute atomic E-state index is 6.24. The number of nitrogens with two attached hydrogens (primary N) is 1. The van der Waals surface area contributed by atoms with Crippen molar-refractivity contribution in [3.05, 3.63) is 51.3 Å². The quantitative estimate of drug-likeness (QED) is 0.934. The first-order chi connectivity index (χ1) is 9.01. The summed E-state index contributed by atoms with van der Waals surface area (Å²) in [5.41, 5.74) is 9.37. The van der Waals surface area contributed by atoms with E-state index >= 15 is 0 Å². The lowest BCUT2D eigenvalue weighted by Gasteiger charge is -2.13. The first-order valence-electron chi connectivity index (χ1n) is 6.25. The Balaban J connectivity index is 2.20. The predicted molar refractivity (Wildman–Crippen MR) is 79.7 cm³/mol. The van der Waals surface area contributed by atoms with Crippen LogP contribution in [0.4, 0.5) is 0 Å². The van der Waals surface area contributed by atoms with Crippen molar-refractivity contribution in [1.29, 1.82) is 0 Å². The molecule has 0 amide bonds. The molecule has 0 saturated carbocycles. The van der Waals surface area contributed by atoms with Gasteiger partial charge in [0.05, 0.1) is 15.7 Å². The van der Waals surface area contributed by atoms with Gasteiger partial charge in [-0.25, -0.2) is 0 Å². The first-order valence-corrected chi connectivity index (χ1v) is 7.00. The zero-order valence-corrected chi connectivity index (χ0v) is 12.5. The number of benzene rings is 1. The number of aromatic nitrogens is 2. The fourth-order valence-electron chi connectivity index (χ4n) is 2.12. The van der Waals surface area contributed by atoms with Gasteiger partial charge in [-0.15, -0.1) is 0 Å². The van der Waals surface area contributed by atoms with Crippen molar-refractivity contribution in [3.63, 3.8) is 0 Å². The van der Waals surface area contributed by atoms with Gasteiger partial charge in [-0.3, -0.25) is 4.68 Å². The molecule has 0 aliphatic carbocycles. The zero-order chi connectivity index (χ0) is 14.0. The van der Waals surface area contributed by atoms with Gasteiger partial charge in [-0.2, -0.15) is 5.10 Å². The molecule has 2 aromatic rings. The molecule has 19 heavy (non-hydrogen) atoms. The van der Waals surface area contributed by atoms with E-state index in [2.05, 4.69) is 18.1 Å². The molecule has 0 aliphatic heterocycles. The molecule has 5 heteroatoms. The van der Waals surface area contributed by atoms with Gasteiger partial charge >= 0.3 is 0 Å². The van der Waals surface area contributed by atoms with Crippen LogP contribution in [-0.4, -0.2) is 9.78 Å². The Morgan fingerprint density at radius 3 is 2.63 bits per heavy atom. The summed E-state index contributed by atoms with van der Waals surface area (Å²) >= 11 is 11.9. The third kappa shape index (κ3) is 3.30. The Hall–Kier alpha value is -1.03. The fourth-order valence-corrected chi connectivity index (χ4v) is 2.43. The second-order valence-corrected chi connectivity index (χ2v) is 5.39. The monoisotopic (exact) mass is 297 g/mol. The summed E-state index contributed by atoms with van der Waals surface area (Å²) in [4.78, 5) is 0. The minimum Gasteiger partial charge on any atom is -0.324 e. The molecule has 2 rings (SSSR count). The van der Waals surface area contributed by atoms with Crippen molar-refractivity contribution >= 4 is 23.2 Å². The van der Waals surface area contributed by atoms with Crippen molar-refractivity contribution in [2.24, 2.45) is 5.73 Å². The Morgan fingerprint density at radius 2 is 2.00 bits per heavy atom. The summed E-state index contributed by atoms with van der Waals surface area (Å²) in [5.74, 6) is 0. The van der Waals surface area contributed by atoms with Crippen LogP contribution in [-0.2, 0) is 13.0 Å². The lowest BCUT2D eigenvalue weighted by atomic mass is 10.0. The topological polar surface area (TPSA) is 43.8 Å². The normalized spacial score (nSPS) is 12.7. The van der Waals surface area contributed by atoms with Crippen molar-refractivity contribution in [3.8, 4) is 0 Å². The predicted octanol–water partition coefficient (Wildman–Crippen LogP) is 3.76. The minimum atomic E-state index is -0.115. The fraction of sp³-hybridized carbons (Fsp3) is 0.357. The molecule has 102 valence electrons. The highest BCUT2D eigenvalue weighted by Gasteiger charge is 2.12. The molecule has 0 spiro atoms. The molecule has 0 saturated heterocycles. The lowest BCUT2D eigenvalue weighted by Crippen LogP contribution is -2.16. The zero-order valence-electron chi connectivity index (χ0n) is 11.0. The molecule has 1 unspecified atom stereocenters. The van der Waals surface area contributed by atoms with Gasteiger partial charge < -0.3 is 5.73 Å². The van der Waals surface area contributed by atoms with Crippen molar-refractivity contribution in [2.75, 3.05) is 0 Å². The van der Waals surface area contributed by atoms with Crippen LogP contribution >= 0.6 is 23.2 Å². The molecular weight excluding hydrogens is 281 g/mol. The smallest absolute Gasteiger partial charge is 0.0596 e. The Kier molecular flexibility index (Phi) is 4.50. The van der Waals surface area contributed by atoms with Gasteiger partial charge in [0.1, 0.15) is 0 Å². The highest BCUT2D eigenvalue weighted by Crippen LogP contribution is 2.26. The molecule has 2 N–H and O–H groups in total. The van der Waals surface area contributed by atoms with E-state index in [4.69, 9.17) is 28.9 Å². The molecular formula is C14H17Cl2N3. The number of hydrogen-bond acceptors (Lipinski definition) is 2. The summed E-state index contributed by atoms with van der Waals surface area (Å²) in [6, 6.07) is 7.48. The van der Waals surface area contributed by atoms with E-state index in [-0.39, 0.29) is 6.04 Å². The van der Waals surface area contributed by atoms with Crippen LogP contribution in [0, 0.1) is 6.92 Å². The van der Waals surface area contributed by atoms with Crippen molar-refractivity contribution in [2.45, 2.75) is 32.9 Å². The SMILES string of the molecule is CCn1nc(C)cc1CC(N)c1ccc(Cl)c(Cl)c1. The van der Waals surface area contributed by atoms with E-state index < -0.39 is 0 Å². The van der Waals surface area contributed by atoms with Crippen LogP contribution in [0.5, 0.6) is 0 Å². The van der Waals surface area contributed by atoms with Crippen LogP contribution in [0.25, 0.3) is 0 Å². The molecule has 1 heterocycles. The average molecular weight is 298 g/mol. The van der Waals surface area contributed by atoms with E-state index in [1.807, 2.05) is 23.7 Å². The van der Waals surface area contributed by atoms with Crippen LogP contribution in [0.1, 0.15) is 29.9 Å². The third-order valence-electron chi connectivity index (χ3n) is 3.09. The van der Waals surface area contributed by atoms with E-state index in [1.165, 1.54) is 0 Å². The second kappa shape index (κ2) is 5.95. The maximum Gasteiger partial charge on any atom is 0.0596 e. The van der Waals surface area contributed by atoms with Gasteiger partial charge in [0, 0.05) is 24.7 Å². The highest BCUT2D eigenvalue weighted by molar-refractivity contribution is 6.42. The lowest BCUT2D eigenvalue weighted by molar-refractivity contribution is 0.587. The van der Waals surface area contributed by atoms with Crippen LogP contribution in [0.3, 0.4) is 0 Å². The Bertz CT molecular complexity index is 578. The number of halogens is 2. The molecule has 1 atom stereocenters. The summed E-state index contributed by atoms with van der Waals surface area (Å²) in [6.07, 6.45) is 0.729. The molecule has 0 radical (unpaired) electrons. The van der Waals surface area contributed by atoms with E-state index in [0.29, 0.717) is 10.0 Å².